The van der Waals surface area contributed by atoms with Gasteiger partial charge in [0.15, 0.2) is 5.82 Å². The number of piperidine rings is 1. The smallest absolute Gasteiger partial charge is 0.312 e. The van der Waals surface area contributed by atoms with Gasteiger partial charge in [0.2, 0.25) is 5.91 Å². The molecule has 37 heavy (non-hydrogen) atoms. The molecule has 1 aromatic carbocycles. The normalized spacial score (nSPS) is 15.2. The van der Waals surface area contributed by atoms with Crippen LogP contribution in [0.3, 0.4) is 0 Å². The first-order valence-electron chi connectivity index (χ1n) is 11.8. The van der Waals surface area contributed by atoms with Crippen LogP contribution in [-0.2, 0) is 9.59 Å². The number of hydrogen-bond acceptors (Lipinski definition) is 6. The number of amides is 1. The van der Waals surface area contributed by atoms with Crippen molar-refractivity contribution in [2.45, 2.75) is 51.6 Å². The number of halogens is 3. The van der Waals surface area contributed by atoms with Gasteiger partial charge in [-0.15, -0.1) is 5.10 Å². The van der Waals surface area contributed by atoms with Crippen molar-refractivity contribution in [2.24, 2.45) is 0 Å². The zero-order chi connectivity index (χ0) is 26.9. The first kappa shape index (κ1) is 26.1. The topological polar surface area (TPSA) is 117 Å². The van der Waals surface area contributed by atoms with Crippen molar-refractivity contribution in [2.75, 3.05) is 18.4 Å². The molecule has 2 aromatic heterocycles. The summed E-state index contributed by atoms with van der Waals surface area (Å²) in [4.78, 5) is 37.3. The van der Waals surface area contributed by atoms with Crippen LogP contribution in [0.1, 0.15) is 61.5 Å². The van der Waals surface area contributed by atoms with Crippen LogP contribution in [0.4, 0.5) is 19.0 Å². The Hall–Kier alpha value is -3.96. The van der Waals surface area contributed by atoms with Crippen LogP contribution in [0.25, 0.3) is 10.8 Å². The molecule has 1 saturated heterocycles. The highest BCUT2D eigenvalue weighted by Gasteiger charge is 2.26. The molecule has 1 aliphatic heterocycles. The van der Waals surface area contributed by atoms with E-state index < -0.39 is 42.1 Å². The standard InChI is InChI=1S/C25H26F3N5O4/c1-13(16-4-3-5-17(23(16)26)24(27)28)29-25-19-12-33(21(35)10-18(19)14(2)30-31-25)15-6-8-32(9-7-15)20(34)11-22(36)37/h3-5,10,12-13,15,24H,6-9,11H2,1-2H3,(H,29,31)(H,36,37)/t13-/m1/s1. The third-order valence-corrected chi connectivity index (χ3v) is 6.65. The fourth-order valence-electron chi connectivity index (χ4n) is 4.65. The van der Waals surface area contributed by atoms with E-state index in [-0.39, 0.29) is 23.0 Å². The van der Waals surface area contributed by atoms with Crippen LogP contribution < -0.4 is 10.9 Å². The number of carboxylic acid groups (broad SMARTS) is 1. The summed E-state index contributed by atoms with van der Waals surface area (Å²) in [6.07, 6.45) is -0.975. The maximum atomic E-state index is 14.7. The second-order valence-corrected chi connectivity index (χ2v) is 9.08. The van der Waals surface area contributed by atoms with Gasteiger partial charge in [-0.25, -0.2) is 13.2 Å². The fourth-order valence-corrected chi connectivity index (χ4v) is 4.65. The van der Waals surface area contributed by atoms with E-state index >= 15 is 0 Å². The average molecular weight is 518 g/mol. The van der Waals surface area contributed by atoms with Crippen LogP contribution in [-0.4, -0.2) is 49.7 Å². The summed E-state index contributed by atoms with van der Waals surface area (Å²) in [5.74, 6) is -2.39. The lowest BCUT2D eigenvalue weighted by Gasteiger charge is -2.33. The summed E-state index contributed by atoms with van der Waals surface area (Å²) in [6.45, 7) is 3.94. The summed E-state index contributed by atoms with van der Waals surface area (Å²) in [6, 6.07) is 4.29. The molecular weight excluding hydrogens is 491 g/mol. The number of fused-ring (bicyclic) bond motifs is 1. The Morgan fingerprint density at radius 2 is 1.84 bits per heavy atom. The second kappa shape index (κ2) is 10.6. The zero-order valence-corrected chi connectivity index (χ0v) is 20.2. The number of alkyl halides is 2. The van der Waals surface area contributed by atoms with Crippen molar-refractivity contribution in [3.8, 4) is 0 Å². The molecule has 3 aromatic rings. The Bertz CT molecular complexity index is 1400. The summed E-state index contributed by atoms with van der Waals surface area (Å²) in [5, 5.41) is 21.3. The molecule has 9 nitrogen and oxygen atoms in total. The number of aromatic nitrogens is 3. The number of likely N-dealkylation sites (tertiary alicyclic amines) is 1. The highest BCUT2D eigenvalue weighted by Crippen LogP contribution is 2.31. The van der Waals surface area contributed by atoms with Crippen molar-refractivity contribution >= 4 is 28.5 Å². The summed E-state index contributed by atoms with van der Waals surface area (Å²) < 4.78 is 42.6. The highest BCUT2D eigenvalue weighted by molar-refractivity contribution is 5.93. The van der Waals surface area contributed by atoms with E-state index in [0.29, 0.717) is 42.4 Å². The number of carbonyl (C=O) groups is 2. The molecule has 4 rings (SSSR count). The van der Waals surface area contributed by atoms with Crippen LogP contribution in [0, 0.1) is 12.7 Å². The largest absolute Gasteiger partial charge is 0.481 e. The van der Waals surface area contributed by atoms with Gasteiger partial charge in [0.1, 0.15) is 12.2 Å². The van der Waals surface area contributed by atoms with E-state index in [9.17, 15) is 27.6 Å². The number of anilines is 1. The second-order valence-electron chi connectivity index (χ2n) is 9.08. The number of pyridine rings is 1. The summed E-state index contributed by atoms with van der Waals surface area (Å²) in [7, 11) is 0. The van der Waals surface area contributed by atoms with Gasteiger partial charge in [0.05, 0.1) is 17.3 Å². The first-order valence-corrected chi connectivity index (χ1v) is 11.8. The summed E-state index contributed by atoms with van der Waals surface area (Å²) >= 11 is 0. The van der Waals surface area contributed by atoms with E-state index in [4.69, 9.17) is 5.11 Å². The van der Waals surface area contributed by atoms with Crippen LogP contribution in [0.5, 0.6) is 0 Å². The highest BCUT2D eigenvalue weighted by atomic mass is 19.3. The van der Waals surface area contributed by atoms with E-state index in [0.717, 1.165) is 6.07 Å². The molecule has 0 aliphatic carbocycles. The number of rotatable bonds is 7. The fraction of sp³-hybridized carbons (Fsp3) is 0.400. The van der Waals surface area contributed by atoms with Crippen LogP contribution in [0.2, 0.25) is 0 Å². The Balaban J connectivity index is 1.63. The molecule has 1 amide bonds. The minimum absolute atomic E-state index is 0.0417. The SMILES string of the molecule is Cc1nnc(N[C@H](C)c2cccc(C(F)F)c2F)c2cn(C3CCN(C(=O)CC(=O)O)CC3)c(=O)cc12. The lowest BCUT2D eigenvalue weighted by molar-refractivity contribution is -0.144. The number of carbonyl (C=O) groups excluding carboxylic acids is 1. The number of carboxylic acids is 1. The number of nitrogens with zero attached hydrogens (tertiary/aromatic N) is 4. The van der Waals surface area contributed by atoms with Gasteiger partial charge >= 0.3 is 5.97 Å². The lowest BCUT2D eigenvalue weighted by atomic mass is 10.0. The van der Waals surface area contributed by atoms with Gasteiger partial charge in [0.25, 0.3) is 12.0 Å². The van der Waals surface area contributed by atoms with Crippen molar-refractivity contribution in [1.82, 2.24) is 19.7 Å². The van der Waals surface area contributed by atoms with Gasteiger partial charge < -0.3 is 19.9 Å². The Kier molecular flexibility index (Phi) is 7.46. The van der Waals surface area contributed by atoms with Crippen LogP contribution in [0.15, 0.2) is 35.3 Å². The summed E-state index contributed by atoms with van der Waals surface area (Å²) in [5.41, 5.74) is -0.404. The van der Waals surface area contributed by atoms with Crippen molar-refractivity contribution < 1.29 is 27.9 Å². The molecule has 0 saturated carbocycles. The molecule has 0 unspecified atom stereocenters. The van der Waals surface area contributed by atoms with E-state index in [1.807, 2.05) is 0 Å². The van der Waals surface area contributed by atoms with Crippen molar-refractivity contribution in [3.63, 3.8) is 0 Å². The Morgan fingerprint density at radius 1 is 1.16 bits per heavy atom. The molecule has 0 radical (unpaired) electrons. The minimum Gasteiger partial charge on any atom is -0.481 e. The minimum atomic E-state index is -2.95. The Morgan fingerprint density at radius 3 is 2.49 bits per heavy atom. The van der Waals surface area contributed by atoms with E-state index in [1.54, 1.807) is 24.6 Å². The number of nitrogens with one attached hydrogen (secondary N) is 1. The third kappa shape index (κ3) is 5.42. The molecule has 12 heteroatoms. The first-order chi connectivity index (χ1) is 17.6. The molecule has 1 aliphatic rings. The van der Waals surface area contributed by atoms with Gasteiger partial charge in [-0.2, -0.15) is 5.10 Å². The molecule has 3 heterocycles. The molecule has 2 N–H and O–H groups in total. The van der Waals surface area contributed by atoms with E-state index in [1.165, 1.54) is 23.1 Å². The quantitative estimate of drug-likeness (QED) is 0.455. The molecule has 0 bridgehead atoms. The maximum absolute atomic E-state index is 14.7. The molecule has 196 valence electrons. The Labute approximate surface area is 209 Å². The maximum Gasteiger partial charge on any atom is 0.312 e. The molecular formula is C25H26F3N5O4. The zero-order valence-electron chi connectivity index (χ0n) is 20.2. The lowest BCUT2D eigenvalue weighted by Crippen LogP contribution is -2.41. The van der Waals surface area contributed by atoms with Crippen molar-refractivity contribution in [3.05, 3.63) is 63.5 Å². The number of benzene rings is 1. The predicted octanol–water partition coefficient (Wildman–Crippen LogP) is 3.99. The third-order valence-electron chi connectivity index (χ3n) is 6.65. The van der Waals surface area contributed by atoms with Gasteiger partial charge in [0, 0.05) is 47.7 Å². The molecule has 1 fully saturated rings. The number of hydrogen-bond donors (Lipinski definition) is 2. The number of aryl methyl sites for hydroxylation is 1. The molecule has 1 atom stereocenters. The van der Waals surface area contributed by atoms with Gasteiger partial charge in [-0.05, 0) is 26.7 Å². The average Bonchev–Trinajstić information content (AvgIpc) is 2.85. The monoisotopic (exact) mass is 517 g/mol. The predicted molar refractivity (Wildman–Crippen MR) is 129 cm³/mol. The van der Waals surface area contributed by atoms with Gasteiger partial charge in [-0.3, -0.25) is 14.4 Å². The molecule has 0 spiro atoms. The van der Waals surface area contributed by atoms with Crippen LogP contribution >= 0.6 is 0 Å². The van der Waals surface area contributed by atoms with E-state index in [2.05, 4.69) is 15.5 Å². The van der Waals surface area contributed by atoms with Crippen molar-refractivity contribution in [1.29, 1.82) is 0 Å². The number of aliphatic carboxylic acids is 1. The van der Waals surface area contributed by atoms with Gasteiger partial charge in [-0.1, -0.05) is 18.2 Å².